The highest BCUT2D eigenvalue weighted by Gasteiger charge is 2.25. The molecule has 5 nitrogen and oxygen atoms in total. The van der Waals surface area contributed by atoms with Gasteiger partial charge in [-0.3, -0.25) is 9.36 Å². The molecule has 3 rings (SSSR count). The zero-order valence-electron chi connectivity index (χ0n) is 19.1. The summed E-state index contributed by atoms with van der Waals surface area (Å²) in [5.41, 5.74) is 2.53. The number of aromatic nitrogens is 3. The summed E-state index contributed by atoms with van der Waals surface area (Å²) in [4.78, 5) is 12.3. The molecule has 0 unspecified atom stereocenters. The predicted octanol–water partition coefficient (Wildman–Crippen LogP) is 5.75. The number of hydrogen-bond acceptors (Lipinski definition) is 4. The molecule has 1 fully saturated rings. The Morgan fingerprint density at radius 3 is 2.43 bits per heavy atom. The Kier molecular flexibility index (Phi) is 7.61. The molecule has 1 amide bonds. The molecule has 6 heteroatoms. The van der Waals surface area contributed by atoms with Crippen molar-refractivity contribution in [2.24, 2.45) is 0 Å². The second-order valence-electron chi connectivity index (χ2n) is 9.46. The van der Waals surface area contributed by atoms with Gasteiger partial charge in [-0.1, -0.05) is 83.0 Å². The topological polar surface area (TPSA) is 59.8 Å². The third kappa shape index (κ3) is 5.65. The van der Waals surface area contributed by atoms with Crippen LogP contribution in [0.25, 0.3) is 11.4 Å². The summed E-state index contributed by atoms with van der Waals surface area (Å²) in [6.45, 7) is 10.8. The van der Waals surface area contributed by atoms with Crippen LogP contribution in [0.2, 0.25) is 0 Å². The molecule has 0 saturated heterocycles. The number of benzene rings is 1. The van der Waals surface area contributed by atoms with Gasteiger partial charge in [0.15, 0.2) is 11.0 Å². The second kappa shape index (κ2) is 9.99. The number of nitrogens with zero attached hydrogens (tertiary/aromatic N) is 3. The number of nitrogens with one attached hydrogen (secondary N) is 1. The van der Waals surface area contributed by atoms with E-state index in [4.69, 9.17) is 0 Å². The average Bonchev–Trinajstić information content (AvgIpc) is 3.16. The summed E-state index contributed by atoms with van der Waals surface area (Å²) in [7, 11) is 0. The number of rotatable bonds is 7. The maximum Gasteiger partial charge on any atom is 0.230 e. The molecule has 30 heavy (non-hydrogen) atoms. The Bertz CT molecular complexity index is 832. The highest BCUT2D eigenvalue weighted by atomic mass is 32.2. The van der Waals surface area contributed by atoms with Gasteiger partial charge in [-0.2, -0.15) is 0 Å². The fourth-order valence-corrected chi connectivity index (χ4v) is 4.73. The van der Waals surface area contributed by atoms with Gasteiger partial charge in [-0.15, -0.1) is 10.2 Å². The van der Waals surface area contributed by atoms with Crippen molar-refractivity contribution in [1.82, 2.24) is 20.1 Å². The molecule has 1 saturated carbocycles. The van der Waals surface area contributed by atoms with Crippen molar-refractivity contribution in [2.45, 2.75) is 95.8 Å². The van der Waals surface area contributed by atoms with E-state index in [1.807, 2.05) is 6.92 Å². The Labute approximate surface area is 185 Å². The van der Waals surface area contributed by atoms with Crippen LogP contribution in [0.3, 0.4) is 0 Å². The molecule has 1 aliphatic rings. The molecule has 2 aromatic rings. The van der Waals surface area contributed by atoms with Gasteiger partial charge in [0.25, 0.3) is 0 Å². The van der Waals surface area contributed by atoms with Crippen molar-refractivity contribution >= 4 is 17.7 Å². The van der Waals surface area contributed by atoms with Crippen molar-refractivity contribution in [3.05, 3.63) is 29.8 Å². The summed E-state index contributed by atoms with van der Waals surface area (Å²) in [5.74, 6) is 1.36. The average molecular weight is 429 g/mol. The number of amides is 1. The number of thioether (sulfide) groups is 1. The van der Waals surface area contributed by atoms with Crippen LogP contribution < -0.4 is 5.32 Å². The molecule has 164 valence electrons. The van der Waals surface area contributed by atoms with E-state index in [2.05, 4.69) is 72.0 Å². The molecule has 1 aromatic carbocycles. The Hall–Kier alpha value is -1.82. The van der Waals surface area contributed by atoms with E-state index in [-0.39, 0.29) is 17.4 Å². The lowest BCUT2D eigenvalue weighted by Gasteiger charge is -2.26. The highest BCUT2D eigenvalue weighted by Crippen LogP contribution is 2.36. The lowest BCUT2D eigenvalue weighted by atomic mass is 9.86. The fraction of sp³-hybridized carbons (Fsp3) is 0.625. The number of hydrogen-bond donors (Lipinski definition) is 1. The van der Waals surface area contributed by atoms with Crippen molar-refractivity contribution in [1.29, 1.82) is 0 Å². The first-order valence-electron chi connectivity index (χ1n) is 11.3. The van der Waals surface area contributed by atoms with Crippen LogP contribution in [0.15, 0.2) is 29.4 Å². The molecule has 0 bridgehead atoms. The summed E-state index contributed by atoms with van der Waals surface area (Å²) >= 11 is 1.50. The fourth-order valence-electron chi connectivity index (χ4n) is 3.91. The lowest BCUT2D eigenvalue weighted by Crippen LogP contribution is -2.33. The highest BCUT2D eigenvalue weighted by molar-refractivity contribution is 7.99. The third-order valence-electron chi connectivity index (χ3n) is 5.97. The van der Waals surface area contributed by atoms with Crippen molar-refractivity contribution < 1.29 is 4.79 Å². The van der Waals surface area contributed by atoms with Crippen LogP contribution in [0, 0.1) is 0 Å². The van der Waals surface area contributed by atoms with E-state index in [1.54, 1.807) is 0 Å². The van der Waals surface area contributed by atoms with Crippen LogP contribution in [0.5, 0.6) is 0 Å². The number of carbonyl (C=O) groups is 1. The molecular formula is C24H36N4OS. The number of carbonyl (C=O) groups excluding carboxylic acids is 1. The van der Waals surface area contributed by atoms with E-state index in [9.17, 15) is 4.79 Å². The monoisotopic (exact) mass is 428 g/mol. The van der Waals surface area contributed by atoms with E-state index in [0.29, 0.717) is 11.8 Å². The first-order valence-corrected chi connectivity index (χ1v) is 12.3. The van der Waals surface area contributed by atoms with Crippen LogP contribution in [-0.2, 0) is 10.2 Å². The lowest BCUT2D eigenvalue weighted by molar-refractivity contribution is -0.119. The van der Waals surface area contributed by atoms with E-state index in [0.717, 1.165) is 35.8 Å². The summed E-state index contributed by atoms with van der Waals surface area (Å²) in [6, 6.07) is 9.32. The Morgan fingerprint density at radius 2 is 1.83 bits per heavy atom. The van der Waals surface area contributed by atoms with Crippen LogP contribution in [-0.4, -0.2) is 32.5 Å². The largest absolute Gasteiger partial charge is 0.353 e. The minimum Gasteiger partial charge on any atom is -0.353 e. The molecule has 0 radical (unpaired) electrons. The minimum absolute atomic E-state index is 0.0589. The zero-order chi connectivity index (χ0) is 21.7. The SMILES string of the molecule is CC[C@@H](C)NC(=O)CSc1nnc(-c2ccc(C(C)(C)C)cc2)n1C1CCCCC1. The summed E-state index contributed by atoms with van der Waals surface area (Å²) < 4.78 is 2.30. The van der Waals surface area contributed by atoms with Gasteiger partial charge in [0.05, 0.1) is 5.75 Å². The quantitative estimate of drug-likeness (QED) is 0.570. The van der Waals surface area contributed by atoms with E-state index >= 15 is 0 Å². The molecular weight excluding hydrogens is 392 g/mol. The van der Waals surface area contributed by atoms with E-state index in [1.165, 1.54) is 36.6 Å². The predicted molar refractivity (Wildman–Crippen MR) is 125 cm³/mol. The maximum atomic E-state index is 12.3. The van der Waals surface area contributed by atoms with Crippen molar-refractivity contribution in [3.8, 4) is 11.4 Å². The molecule has 1 heterocycles. The smallest absolute Gasteiger partial charge is 0.230 e. The second-order valence-corrected chi connectivity index (χ2v) is 10.4. The van der Waals surface area contributed by atoms with Gasteiger partial charge in [-0.05, 0) is 37.2 Å². The maximum absolute atomic E-state index is 12.3. The van der Waals surface area contributed by atoms with E-state index < -0.39 is 0 Å². The van der Waals surface area contributed by atoms with Crippen LogP contribution in [0.1, 0.15) is 84.7 Å². The molecule has 1 aliphatic carbocycles. The molecule has 1 atom stereocenters. The van der Waals surface area contributed by atoms with Crippen molar-refractivity contribution in [3.63, 3.8) is 0 Å². The van der Waals surface area contributed by atoms with Gasteiger partial charge in [0, 0.05) is 17.6 Å². The van der Waals surface area contributed by atoms with Gasteiger partial charge < -0.3 is 5.32 Å². The molecule has 1 aromatic heterocycles. The first kappa shape index (κ1) is 22.9. The Morgan fingerprint density at radius 1 is 1.17 bits per heavy atom. The molecule has 0 spiro atoms. The standard InChI is InChI=1S/C24H36N4OS/c1-6-17(2)25-21(29)16-30-23-27-26-22(28(23)20-10-8-7-9-11-20)18-12-14-19(15-13-18)24(3,4)5/h12-15,17,20H,6-11,16H2,1-5H3,(H,25,29)/t17-/m1/s1. The normalized spacial score (nSPS) is 16.4. The molecule has 0 aliphatic heterocycles. The van der Waals surface area contributed by atoms with Gasteiger partial charge >= 0.3 is 0 Å². The first-order chi connectivity index (χ1) is 14.3. The Balaban J connectivity index is 1.85. The minimum atomic E-state index is 0.0589. The summed E-state index contributed by atoms with van der Waals surface area (Å²) in [6.07, 6.45) is 7.01. The van der Waals surface area contributed by atoms with Gasteiger partial charge in [0.2, 0.25) is 5.91 Å². The van der Waals surface area contributed by atoms with Gasteiger partial charge in [0.1, 0.15) is 0 Å². The van der Waals surface area contributed by atoms with Crippen molar-refractivity contribution in [2.75, 3.05) is 5.75 Å². The zero-order valence-corrected chi connectivity index (χ0v) is 19.9. The van der Waals surface area contributed by atoms with Gasteiger partial charge in [-0.25, -0.2) is 0 Å². The third-order valence-corrected chi connectivity index (χ3v) is 6.91. The molecule has 1 N–H and O–H groups in total. The van der Waals surface area contributed by atoms with Crippen LogP contribution in [0.4, 0.5) is 0 Å². The summed E-state index contributed by atoms with van der Waals surface area (Å²) in [5, 5.41) is 13.0. The van der Waals surface area contributed by atoms with Crippen LogP contribution >= 0.6 is 11.8 Å².